The molecule has 0 spiro atoms. The molecule has 3 aromatic carbocycles. The molecule has 1 N–H and O–H groups in total. The molecule has 3 nitrogen and oxygen atoms in total. The third kappa shape index (κ3) is 2.81. The van der Waals surface area contributed by atoms with Gasteiger partial charge in [-0.2, -0.15) is 0 Å². The Hall–Kier alpha value is -3.66. The van der Waals surface area contributed by atoms with Crippen molar-refractivity contribution in [2.24, 2.45) is 0 Å². The number of imidazole rings is 1. The van der Waals surface area contributed by atoms with E-state index in [2.05, 4.69) is 34.0 Å². The predicted octanol–water partition coefficient (Wildman–Crippen LogP) is 6.04. The first kappa shape index (κ1) is 15.6. The van der Waals surface area contributed by atoms with Crippen molar-refractivity contribution in [2.45, 2.75) is 0 Å². The number of rotatable bonds is 3. The first-order valence-electron chi connectivity index (χ1n) is 8.77. The lowest BCUT2D eigenvalue weighted by Crippen LogP contribution is -1.99. The van der Waals surface area contributed by atoms with Crippen molar-refractivity contribution in [2.75, 3.05) is 5.32 Å². The quantitative estimate of drug-likeness (QED) is 0.429. The number of aromatic nitrogens is 2. The first-order valence-corrected chi connectivity index (χ1v) is 8.77. The molecule has 0 saturated heterocycles. The Kier molecular flexibility index (Phi) is 3.61. The molecule has 0 aliphatic carbocycles. The minimum atomic E-state index is -0.253. The molecule has 2 aromatic heterocycles. The average Bonchev–Trinajstić information content (AvgIpc) is 3.09. The molecule has 0 amide bonds. The Balaban J connectivity index is 1.75. The molecule has 5 rings (SSSR count). The van der Waals surface area contributed by atoms with Crippen molar-refractivity contribution in [1.82, 2.24) is 9.38 Å². The fourth-order valence-electron chi connectivity index (χ4n) is 3.36. The first-order chi connectivity index (χ1) is 13.3. The molecular formula is C23H16FN3. The minimum absolute atomic E-state index is 0.253. The van der Waals surface area contributed by atoms with E-state index in [4.69, 9.17) is 4.98 Å². The molecule has 0 radical (unpaired) electrons. The molecule has 4 heteroatoms. The van der Waals surface area contributed by atoms with E-state index in [9.17, 15) is 4.39 Å². The Morgan fingerprint density at radius 3 is 2.30 bits per heavy atom. The summed E-state index contributed by atoms with van der Waals surface area (Å²) in [5.74, 6) is 0.628. The second-order valence-electron chi connectivity index (χ2n) is 6.42. The highest BCUT2D eigenvalue weighted by Crippen LogP contribution is 2.30. The van der Waals surface area contributed by atoms with Gasteiger partial charge in [0.15, 0.2) is 0 Å². The fraction of sp³-hybridized carbons (Fsp3) is 0. The van der Waals surface area contributed by atoms with Crippen molar-refractivity contribution < 1.29 is 4.39 Å². The Bertz CT molecular complexity index is 1240. The highest BCUT2D eigenvalue weighted by Gasteiger charge is 2.11. The summed E-state index contributed by atoms with van der Waals surface area (Å²) >= 11 is 0. The van der Waals surface area contributed by atoms with Crippen LogP contribution in [0.2, 0.25) is 0 Å². The highest BCUT2D eigenvalue weighted by atomic mass is 19.1. The molecule has 0 saturated carbocycles. The maximum atomic E-state index is 13.3. The van der Waals surface area contributed by atoms with Gasteiger partial charge in [0.25, 0.3) is 0 Å². The van der Waals surface area contributed by atoms with Crippen LogP contribution in [0.15, 0.2) is 91.0 Å². The van der Waals surface area contributed by atoms with E-state index < -0.39 is 0 Å². The topological polar surface area (TPSA) is 29.3 Å². The normalized spacial score (nSPS) is 11.1. The molecule has 130 valence electrons. The summed E-state index contributed by atoms with van der Waals surface area (Å²) in [5, 5.41) is 3.42. The zero-order chi connectivity index (χ0) is 18.2. The smallest absolute Gasteiger partial charge is 0.140 e. The Morgan fingerprint density at radius 2 is 1.48 bits per heavy atom. The number of halogens is 1. The molecule has 0 aliphatic rings. The average molecular weight is 353 g/mol. The number of fused-ring (bicyclic) bond motifs is 3. The molecule has 0 aliphatic heterocycles. The summed E-state index contributed by atoms with van der Waals surface area (Å²) in [6.45, 7) is 0. The largest absolute Gasteiger partial charge is 0.341 e. The van der Waals surface area contributed by atoms with E-state index in [0.717, 1.165) is 39.3 Å². The number of nitrogens with zero attached hydrogens (tertiary/aromatic N) is 2. The van der Waals surface area contributed by atoms with Gasteiger partial charge >= 0.3 is 0 Å². The summed E-state index contributed by atoms with van der Waals surface area (Å²) in [6.07, 6.45) is 0. The lowest BCUT2D eigenvalue weighted by molar-refractivity contribution is 0.628. The van der Waals surface area contributed by atoms with Crippen LogP contribution in [-0.4, -0.2) is 9.38 Å². The van der Waals surface area contributed by atoms with Crippen LogP contribution in [-0.2, 0) is 0 Å². The summed E-state index contributed by atoms with van der Waals surface area (Å²) in [4.78, 5) is 4.78. The van der Waals surface area contributed by atoms with Gasteiger partial charge in [-0.3, -0.25) is 4.40 Å². The summed E-state index contributed by atoms with van der Waals surface area (Å²) in [6, 6.07) is 28.8. The Labute approximate surface area is 155 Å². The van der Waals surface area contributed by atoms with Crippen LogP contribution in [0.1, 0.15) is 0 Å². The number of pyridine rings is 1. The monoisotopic (exact) mass is 353 g/mol. The van der Waals surface area contributed by atoms with Crippen LogP contribution in [0.4, 0.5) is 15.9 Å². The van der Waals surface area contributed by atoms with Gasteiger partial charge in [0, 0.05) is 5.69 Å². The van der Waals surface area contributed by atoms with E-state index in [1.807, 2.05) is 42.5 Å². The Morgan fingerprint density at radius 1 is 0.741 bits per heavy atom. The number of hydrogen-bond donors (Lipinski definition) is 1. The summed E-state index contributed by atoms with van der Waals surface area (Å²) in [5.41, 5.74) is 5.83. The molecule has 2 heterocycles. The third-order valence-electron chi connectivity index (χ3n) is 4.63. The third-order valence-corrected chi connectivity index (χ3v) is 4.63. The van der Waals surface area contributed by atoms with Crippen LogP contribution in [0.25, 0.3) is 27.8 Å². The number of para-hydroxylation sites is 2. The van der Waals surface area contributed by atoms with E-state index in [1.54, 1.807) is 12.1 Å². The van der Waals surface area contributed by atoms with E-state index >= 15 is 0 Å². The molecule has 0 bridgehead atoms. The van der Waals surface area contributed by atoms with Crippen LogP contribution in [0.5, 0.6) is 0 Å². The molecule has 0 unspecified atom stereocenters. The number of benzene rings is 3. The molecule has 0 fully saturated rings. The van der Waals surface area contributed by atoms with Gasteiger partial charge < -0.3 is 5.32 Å². The van der Waals surface area contributed by atoms with E-state index in [-0.39, 0.29) is 5.82 Å². The van der Waals surface area contributed by atoms with Gasteiger partial charge in [0.05, 0.1) is 11.0 Å². The molecule has 27 heavy (non-hydrogen) atoms. The van der Waals surface area contributed by atoms with Gasteiger partial charge in [-0.15, -0.1) is 0 Å². The summed E-state index contributed by atoms with van der Waals surface area (Å²) < 4.78 is 15.4. The van der Waals surface area contributed by atoms with Gasteiger partial charge in [-0.05, 0) is 59.7 Å². The van der Waals surface area contributed by atoms with E-state index in [1.165, 1.54) is 12.1 Å². The van der Waals surface area contributed by atoms with Crippen molar-refractivity contribution in [3.8, 4) is 11.1 Å². The standard InChI is InChI=1S/C23H16FN3/c24-18-10-12-19(13-11-18)25-22-14-17(16-6-2-1-3-7-16)15-23-26-20-8-4-5-9-21(20)27(22)23/h1-15,25H. The highest BCUT2D eigenvalue weighted by molar-refractivity contribution is 5.86. The second-order valence-corrected chi connectivity index (χ2v) is 6.42. The van der Waals surface area contributed by atoms with Gasteiger partial charge in [0.1, 0.15) is 17.3 Å². The maximum absolute atomic E-state index is 13.3. The van der Waals surface area contributed by atoms with E-state index in [0.29, 0.717) is 0 Å². The van der Waals surface area contributed by atoms with Gasteiger partial charge in [-0.25, -0.2) is 9.37 Å². The van der Waals surface area contributed by atoms with Crippen molar-refractivity contribution in [3.05, 3.63) is 96.8 Å². The van der Waals surface area contributed by atoms with Crippen LogP contribution in [0.3, 0.4) is 0 Å². The van der Waals surface area contributed by atoms with Crippen LogP contribution >= 0.6 is 0 Å². The number of anilines is 2. The van der Waals surface area contributed by atoms with Crippen LogP contribution < -0.4 is 5.32 Å². The zero-order valence-corrected chi connectivity index (χ0v) is 14.4. The zero-order valence-electron chi connectivity index (χ0n) is 14.4. The second kappa shape index (κ2) is 6.25. The maximum Gasteiger partial charge on any atom is 0.140 e. The minimum Gasteiger partial charge on any atom is -0.341 e. The van der Waals surface area contributed by atoms with Crippen molar-refractivity contribution in [1.29, 1.82) is 0 Å². The van der Waals surface area contributed by atoms with Gasteiger partial charge in [-0.1, -0.05) is 42.5 Å². The molecule has 0 atom stereocenters. The van der Waals surface area contributed by atoms with Crippen molar-refractivity contribution >= 4 is 28.2 Å². The lowest BCUT2D eigenvalue weighted by Gasteiger charge is -2.13. The number of nitrogens with one attached hydrogen (secondary N) is 1. The van der Waals surface area contributed by atoms with Crippen LogP contribution in [0, 0.1) is 5.82 Å². The predicted molar refractivity (Wildman–Crippen MR) is 108 cm³/mol. The molecule has 5 aromatic rings. The SMILES string of the molecule is Fc1ccc(Nc2cc(-c3ccccc3)cc3nc4ccccc4n23)cc1. The summed E-state index contributed by atoms with van der Waals surface area (Å²) in [7, 11) is 0. The fourth-order valence-corrected chi connectivity index (χ4v) is 3.36. The van der Waals surface area contributed by atoms with Crippen molar-refractivity contribution in [3.63, 3.8) is 0 Å². The number of hydrogen-bond acceptors (Lipinski definition) is 2. The van der Waals surface area contributed by atoms with Gasteiger partial charge in [0.2, 0.25) is 0 Å². The molecular weight excluding hydrogens is 337 g/mol. The lowest BCUT2D eigenvalue weighted by atomic mass is 10.1.